The largest absolute Gasteiger partial charge is 0.285 e. The summed E-state index contributed by atoms with van der Waals surface area (Å²) in [4.78, 5) is 8.10. The molecule has 0 atom stereocenters. The molecule has 0 saturated heterocycles. The van der Waals surface area contributed by atoms with Crippen LogP contribution in [0, 0.1) is 3.70 Å². The molecule has 0 aromatic carbocycles. The Morgan fingerprint density at radius 3 is 2.92 bits per heavy atom. The highest BCUT2D eigenvalue weighted by Crippen LogP contribution is 2.14. The summed E-state index contributed by atoms with van der Waals surface area (Å²) in [6.45, 7) is 0. The summed E-state index contributed by atoms with van der Waals surface area (Å²) in [7, 11) is 0. The summed E-state index contributed by atoms with van der Waals surface area (Å²) in [6.07, 6.45) is 5.08. The maximum absolute atomic E-state index is 4.11. The van der Waals surface area contributed by atoms with Crippen molar-refractivity contribution in [2.24, 2.45) is 0 Å². The SMILES string of the molecule is Ic1cc(-c2cn[nH]c2)ncn1. The van der Waals surface area contributed by atoms with Gasteiger partial charge in [0.25, 0.3) is 0 Å². The molecule has 0 aliphatic heterocycles. The molecule has 2 heterocycles. The third-order valence-corrected chi connectivity index (χ3v) is 2.02. The maximum atomic E-state index is 4.11. The van der Waals surface area contributed by atoms with Gasteiger partial charge in [0.05, 0.1) is 11.9 Å². The fraction of sp³-hybridized carbons (Fsp3) is 0. The quantitative estimate of drug-likeness (QED) is 0.631. The first-order valence-electron chi connectivity index (χ1n) is 3.33. The van der Waals surface area contributed by atoms with E-state index in [9.17, 15) is 0 Å². The second-order valence-corrected chi connectivity index (χ2v) is 3.32. The number of hydrogen-bond donors (Lipinski definition) is 1. The number of rotatable bonds is 1. The van der Waals surface area contributed by atoms with Crippen LogP contribution in [-0.4, -0.2) is 20.2 Å². The Balaban J connectivity index is 2.48. The van der Waals surface area contributed by atoms with Crippen molar-refractivity contribution in [3.05, 3.63) is 28.5 Å². The highest BCUT2D eigenvalue weighted by molar-refractivity contribution is 14.1. The van der Waals surface area contributed by atoms with Crippen LogP contribution >= 0.6 is 22.6 Å². The topological polar surface area (TPSA) is 54.5 Å². The van der Waals surface area contributed by atoms with Gasteiger partial charge in [-0.2, -0.15) is 5.10 Å². The van der Waals surface area contributed by atoms with Crippen LogP contribution in [-0.2, 0) is 0 Å². The van der Waals surface area contributed by atoms with Crippen LogP contribution in [0.4, 0.5) is 0 Å². The predicted octanol–water partition coefficient (Wildman–Crippen LogP) is 1.47. The number of nitrogens with zero attached hydrogens (tertiary/aromatic N) is 3. The fourth-order valence-electron chi connectivity index (χ4n) is 0.882. The molecule has 0 aliphatic rings. The number of aromatic amines is 1. The molecule has 0 bridgehead atoms. The minimum absolute atomic E-state index is 0.892. The highest BCUT2D eigenvalue weighted by atomic mass is 127. The second-order valence-electron chi connectivity index (χ2n) is 2.21. The van der Waals surface area contributed by atoms with Gasteiger partial charge in [0.15, 0.2) is 0 Å². The van der Waals surface area contributed by atoms with Gasteiger partial charge in [0.1, 0.15) is 10.0 Å². The molecular weight excluding hydrogens is 267 g/mol. The van der Waals surface area contributed by atoms with E-state index >= 15 is 0 Å². The third-order valence-electron chi connectivity index (χ3n) is 1.43. The fourth-order valence-corrected chi connectivity index (χ4v) is 1.30. The van der Waals surface area contributed by atoms with Gasteiger partial charge in [-0.25, -0.2) is 9.97 Å². The molecule has 1 N–H and O–H groups in total. The molecule has 4 nitrogen and oxygen atoms in total. The normalized spacial score (nSPS) is 10.1. The Hall–Kier alpha value is -0.980. The van der Waals surface area contributed by atoms with Crippen LogP contribution in [0.15, 0.2) is 24.8 Å². The van der Waals surface area contributed by atoms with E-state index in [1.54, 1.807) is 18.7 Å². The average molecular weight is 272 g/mol. The van der Waals surface area contributed by atoms with Gasteiger partial charge in [-0.15, -0.1) is 0 Å². The van der Waals surface area contributed by atoms with E-state index in [-0.39, 0.29) is 0 Å². The van der Waals surface area contributed by atoms with E-state index in [0.717, 1.165) is 15.0 Å². The first-order valence-corrected chi connectivity index (χ1v) is 4.41. The number of H-pyrrole nitrogens is 1. The molecule has 0 unspecified atom stereocenters. The van der Waals surface area contributed by atoms with Gasteiger partial charge in [-0.3, -0.25) is 5.10 Å². The molecule has 60 valence electrons. The highest BCUT2D eigenvalue weighted by Gasteiger charge is 1.99. The van der Waals surface area contributed by atoms with Gasteiger partial charge in [0.2, 0.25) is 0 Å². The van der Waals surface area contributed by atoms with Crippen LogP contribution < -0.4 is 0 Å². The lowest BCUT2D eigenvalue weighted by molar-refractivity contribution is 1.09. The zero-order valence-corrected chi connectivity index (χ0v) is 8.19. The summed E-state index contributed by atoms with van der Waals surface area (Å²) < 4.78 is 0.929. The van der Waals surface area contributed by atoms with Crippen molar-refractivity contribution in [1.82, 2.24) is 20.2 Å². The molecule has 0 spiro atoms. The Morgan fingerprint density at radius 2 is 2.25 bits per heavy atom. The zero-order valence-electron chi connectivity index (χ0n) is 6.03. The van der Waals surface area contributed by atoms with Crippen LogP contribution in [0.5, 0.6) is 0 Å². The molecular formula is C7H5IN4. The molecule has 5 heteroatoms. The minimum Gasteiger partial charge on any atom is -0.285 e. The first kappa shape index (κ1) is 7.66. The standard InChI is InChI=1S/C7H5IN4/c8-7-1-6(9-4-10-7)5-2-11-12-3-5/h1-4H,(H,11,12). The molecule has 2 aromatic rings. The molecule has 0 aliphatic carbocycles. The number of nitrogens with one attached hydrogen (secondary N) is 1. The Kier molecular flexibility index (Phi) is 2.03. The van der Waals surface area contributed by atoms with Crippen molar-refractivity contribution in [3.8, 4) is 11.3 Å². The molecule has 2 aromatic heterocycles. The van der Waals surface area contributed by atoms with Crippen molar-refractivity contribution in [3.63, 3.8) is 0 Å². The van der Waals surface area contributed by atoms with Crippen molar-refractivity contribution in [2.75, 3.05) is 0 Å². The lowest BCUT2D eigenvalue weighted by Gasteiger charge is -1.94. The molecule has 0 saturated carbocycles. The smallest absolute Gasteiger partial charge is 0.117 e. The van der Waals surface area contributed by atoms with E-state index < -0.39 is 0 Å². The second kappa shape index (κ2) is 3.18. The molecule has 12 heavy (non-hydrogen) atoms. The molecule has 0 radical (unpaired) electrons. The van der Waals surface area contributed by atoms with Gasteiger partial charge >= 0.3 is 0 Å². The van der Waals surface area contributed by atoms with E-state index in [1.807, 2.05) is 6.07 Å². The Bertz CT molecular complexity index is 371. The van der Waals surface area contributed by atoms with Crippen molar-refractivity contribution in [1.29, 1.82) is 0 Å². The molecule has 0 amide bonds. The summed E-state index contributed by atoms with van der Waals surface area (Å²) in [5, 5.41) is 6.58. The van der Waals surface area contributed by atoms with Crippen LogP contribution in [0.2, 0.25) is 0 Å². The van der Waals surface area contributed by atoms with Gasteiger partial charge < -0.3 is 0 Å². The van der Waals surface area contributed by atoms with Gasteiger partial charge in [0, 0.05) is 11.8 Å². The molecule has 2 rings (SSSR count). The summed E-state index contributed by atoms with van der Waals surface area (Å²) in [5.41, 5.74) is 1.87. The van der Waals surface area contributed by atoms with Gasteiger partial charge in [-0.05, 0) is 28.7 Å². The maximum Gasteiger partial charge on any atom is 0.117 e. The predicted molar refractivity (Wildman–Crippen MR) is 52.3 cm³/mol. The van der Waals surface area contributed by atoms with Crippen molar-refractivity contribution in [2.45, 2.75) is 0 Å². The van der Waals surface area contributed by atoms with Gasteiger partial charge in [-0.1, -0.05) is 0 Å². The zero-order chi connectivity index (χ0) is 8.39. The van der Waals surface area contributed by atoms with Crippen LogP contribution in [0.1, 0.15) is 0 Å². The average Bonchev–Trinajstić information content (AvgIpc) is 2.56. The lowest BCUT2D eigenvalue weighted by atomic mass is 10.2. The Morgan fingerprint density at radius 1 is 1.33 bits per heavy atom. The first-order chi connectivity index (χ1) is 5.86. The summed E-state index contributed by atoms with van der Waals surface area (Å²) in [5.74, 6) is 0. The lowest BCUT2D eigenvalue weighted by Crippen LogP contribution is -1.85. The number of halogens is 1. The summed E-state index contributed by atoms with van der Waals surface area (Å²) >= 11 is 2.15. The van der Waals surface area contributed by atoms with Crippen LogP contribution in [0.25, 0.3) is 11.3 Å². The van der Waals surface area contributed by atoms with E-state index in [4.69, 9.17) is 0 Å². The third kappa shape index (κ3) is 1.45. The Labute approximate surface area is 82.6 Å². The minimum atomic E-state index is 0.892. The van der Waals surface area contributed by atoms with E-state index in [2.05, 4.69) is 42.8 Å². The molecule has 0 fully saturated rings. The number of hydrogen-bond acceptors (Lipinski definition) is 3. The monoisotopic (exact) mass is 272 g/mol. The van der Waals surface area contributed by atoms with Crippen LogP contribution in [0.3, 0.4) is 0 Å². The summed E-state index contributed by atoms with van der Waals surface area (Å²) in [6, 6.07) is 1.91. The van der Waals surface area contributed by atoms with Crippen molar-refractivity contribution < 1.29 is 0 Å². The van der Waals surface area contributed by atoms with Crippen molar-refractivity contribution >= 4 is 22.6 Å². The van der Waals surface area contributed by atoms with E-state index in [1.165, 1.54) is 0 Å². The van der Waals surface area contributed by atoms with E-state index in [0.29, 0.717) is 0 Å². The number of aromatic nitrogens is 4.